The molecule has 1 aliphatic rings. The number of hydrogen-bond acceptors (Lipinski definition) is 7. The molecule has 1 aliphatic heterocycles. The Bertz CT molecular complexity index is 786. The maximum atomic E-state index is 12.6. The van der Waals surface area contributed by atoms with Gasteiger partial charge >= 0.3 is 5.63 Å². The molecule has 0 aliphatic carbocycles. The number of amides is 1. The summed E-state index contributed by atoms with van der Waals surface area (Å²) in [6.07, 6.45) is 2.84. The average Bonchev–Trinajstić information content (AvgIpc) is 2.98. The van der Waals surface area contributed by atoms with Crippen LogP contribution >= 0.6 is 11.8 Å². The van der Waals surface area contributed by atoms with Gasteiger partial charge in [0.05, 0.1) is 6.04 Å². The fraction of sp³-hybridized carbons (Fsp3) is 0.412. The highest BCUT2D eigenvalue weighted by molar-refractivity contribution is 8.16. The van der Waals surface area contributed by atoms with Gasteiger partial charge in [-0.3, -0.25) is 15.3 Å². The van der Waals surface area contributed by atoms with Gasteiger partial charge < -0.3 is 9.73 Å². The van der Waals surface area contributed by atoms with Crippen LogP contribution in [0.1, 0.15) is 44.1 Å². The SMILES string of the molecule is C=Cc1cc([C@@H](CCC)NC(=O)[C@]2(N)CSC(C(C)=O)=N2)oc(=O)c1. The van der Waals surface area contributed by atoms with E-state index in [1.54, 1.807) is 6.07 Å². The van der Waals surface area contributed by atoms with Crippen molar-refractivity contribution in [2.24, 2.45) is 10.7 Å². The fourth-order valence-corrected chi connectivity index (χ4v) is 3.37. The Morgan fingerprint density at radius 1 is 1.56 bits per heavy atom. The Hall–Kier alpha value is -2.19. The first-order chi connectivity index (χ1) is 11.8. The zero-order valence-corrected chi connectivity index (χ0v) is 15.0. The molecule has 1 amide bonds. The summed E-state index contributed by atoms with van der Waals surface area (Å²) in [5.41, 5.74) is 4.65. The number of nitrogens with zero attached hydrogens (tertiary/aromatic N) is 1. The minimum atomic E-state index is -1.51. The maximum Gasteiger partial charge on any atom is 0.336 e. The first kappa shape index (κ1) is 19.1. The summed E-state index contributed by atoms with van der Waals surface area (Å²) in [4.78, 5) is 39.8. The third-order valence-electron chi connectivity index (χ3n) is 3.70. The van der Waals surface area contributed by atoms with Gasteiger partial charge in [-0.15, -0.1) is 0 Å². The number of nitrogens with two attached hydrogens (primary N) is 1. The molecule has 8 heteroatoms. The highest BCUT2D eigenvalue weighted by Gasteiger charge is 2.41. The topological polar surface area (TPSA) is 115 Å². The molecule has 25 heavy (non-hydrogen) atoms. The predicted molar refractivity (Wildman–Crippen MR) is 98.4 cm³/mol. The second-order valence-electron chi connectivity index (χ2n) is 5.82. The Labute approximate surface area is 149 Å². The van der Waals surface area contributed by atoms with Crippen LogP contribution in [0.4, 0.5) is 0 Å². The van der Waals surface area contributed by atoms with Crippen LogP contribution in [0, 0.1) is 0 Å². The van der Waals surface area contributed by atoms with Gasteiger partial charge in [-0.25, -0.2) is 9.79 Å². The average molecular weight is 363 g/mol. The molecule has 7 nitrogen and oxygen atoms in total. The van der Waals surface area contributed by atoms with Crippen molar-refractivity contribution in [3.63, 3.8) is 0 Å². The van der Waals surface area contributed by atoms with E-state index in [-0.39, 0.29) is 16.6 Å². The van der Waals surface area contributed by atoms with Crippen molar-refractivity contribution in [1.82, 2.24) is 5.32 Å². The fourth-order valence-electron chi connectivity index (χ4n) is 2.38. The molecule has 2 heterocycles. The second-order valence-corrected chi connectivity index (χ2v) is 6.78. The molecule has 2 atom stereocenters. The van der Waals surface area contributed by atoms with Gasteiger partial charge in [0.2, 0.25) is 0 Å². The van der Waals surface area contributed by atoms with Crippen molar-refractivity contribution in [3.8, 4) is 0 Å². The number of ketones is 1. The van der Waals surface area contributed by atoms with E-state index >= 15 is 0 Å². The van der Waals surface area contributed by atoms with E-state index in [0.29, 0.717) is 17.7 Å². The number of carbonyl (C=O) groups is 2. The summed E-state index contributed by atoms with van der Waals surface area (Å²) in [7, 11) is 0. The van der Waals surface area contributed by atoms with Crippen molar-refractivity contribution in [2.45, 2.75) is 38.4 Å². The summed E-state index contributed by atoms with van der Waals surface area (Å²) in [6, 6.07) is 2.46. The van der Waals surface area contributed by atoms with E-state index in [4.69, 9.17) is 10.2 Å². The molecule has 134 valence electrons. The lowest BCUT2D eigenvalue weighted by Gasteiger charge is -2.23. The lowest BCUT2D eigenvalue weighted by Crippen LogP contribution is -2.54. The Morgan fingerprint density at radius 3 is 2.84 bits per heavy atom. The zero-order chi connectivity index (χ0) is 18.6. The summed E-state index contributed by atoms with van der Waals surface area (Å²) < 4.78 is 5.24. The quantitative estimate of drug-likeness (QED) is 0.761. The van der Waals surface area contributed by atoms with E-state index in [1.165, 1.54) is 19.1 Å². The summed E-state index contributed by atoms with van der Waals surface area (Å²) >= 11 is 1.16. The van der Waals surface area contributed by atoms with Gasteiger partial charge in [0.15, 0.2) is 11.4 Å². The number of carbonyl (C=O) groups excluding carboxylic acids is 2. The van der Waals surface area contributed by atoms with Crippen LogP contribution in [0.2, 0.25) is 0 Å². The van der Waals surface area contributed by atoms with Gasteiger partial charge in [-0.05, 0) is 18.1 Å². The first-order valence-electron chi connectivity index (χ1n) is 7.90. The number of thioether (sulfide) groups is 1. The molecule has 0 spiro atoms. The summed E-state index contributed by atoms with van der Waals surface area (Å²) in [5.74, 6) is -0.215. The van der Waals surface area contributed by atoms with Gasteiger partial charge in [-0.2, -0.15) is 0 Å². The molecule has 0 aromatic carbocycles. The summed E-state index contributed by atoms with van der Waals surface area (Å²) in [5, 5.41) is 3.03. The zero-order valence-electron chi connectivity index (χ0n) is 14.2. The molecule has 0 unspecified atom stereocenters. The normalized spacial score (nSPS) is 20.7. The largest absolute Gasteiger partial charge is 0.426 e. The van der Waals surface area contributed by atoms with Crippen molar-refractivity contribution in [2.75, 3.05) is 5.75 Å². The molecular formula is C17H21N3O4S. The van der Waals surface area contributed by atoms with E-state index in [9.17, 15) is 14.4 Å². The van der Waals surface area contributed by atoms with Crippen LogP contribution in [0.5, 0.6) is 0 Å². The molecule has 0 saturated heterocycles. The molecule has 1 aromatic heterocycles. The van der Waals surface area contributed by atoms with Crippen LogP contribution in [-0.4, -0.2) is 28.1 Å². The van der Waals surface area contributed by atoms with Gasteiger partial charge in [0.1, 0.15) is 10.8 Å². The second kappa shape index (κ2) is 7.79. The Morgan fingerprint density at radius 2 is 2.28 bits per heavy atom. The third kappa shape index (κ3) is 4.46. The summed E-state index contributed by atoms with van der Waals surface area (Å²) in [6.45, 7) is 6.97. The molecule has 3 N–H and O–H groups in total. The molecule has 0 bridgehead atoms. The van der Waals surface area contributed by atoms with Crippen LogP contribution in [0.25, 0.3) is 6.08 Å². The lowest BCUT2D eigenvalue weighted by atomic mass is 10.1. The molecular weight excluding hydrogens is 342 g/mol. The van der Waals surface area contributed by atoms with E-state index < -0.39 is 23.2 Å². The Kier molecular flexibility index (Phi) is 5.97. The number of nitrogens with one attached hydrogen (secondary N) is 1. The van der Waals surface area contributed by atoms with Crippen molar-refractivity contribution in [1.29, 1.82) is 0 Å². The highest BCUT2D eigenvalue weighted by atomic mass is 32.2. The van der Waals surface area contributed by atoms with E-state index in [1.807, 2.05) is 6.92 Å². The lowest BCUT2D eigenvalue weighted by molar-refractivity contribution is -0.126. The number of aliphatic imine (C=N–C) groups is 1. The molecule has 2 rings (SSSR count). The minimum Gasteiger partial charge on any atom is -0.426 e. The van der Waals surface area contributed by atoms with Crippen LogP contribution in [-0.2, 0) is 9.59 Å². The number of hydrogen-bond donors (Lipinski definition) is 2. The first-order valence-corrected chi connectivity index (χ1v) is 8.88. The minimum absolute atomic E-state index is 0.184. The van der Waals surface area contributed by atoms with Crippen molar-refractivity contribution in [3.05, 3.63) is 40.5 Å². The molecule has 0 fully saturated rings. The van der Waals surface area contributed by atoms with Crippen molar-refractivity contribution >= 4 is 34.6 Å². The predicted octanol–water partition coefficient (Wildman–Crippen LogP) is 1.63. The van der Waals surface area contributed by atoms with Crippen LogP contribution in [0.15, 0.2) is 32.9 Å². The van der Waals surface area contributed by atoms with E-state index in [2.05, 4.69) is 16.9 Å². The molecule has 1 aromatic rings. The smallest absolute Gasteiger partial charge is 0.336 e. The van der Waals surface area contributed by atoms with Crippen molar-refractivity contribution < 1.29 is 14.0 Å². The maximum absolute atomic E-state index is 12.6. The molecule has 0 saturated carbocycles. The van der Waals surface area contributed by atoms with Gasteiger partial charge in [0, 0.05) is 18.7 Å². The van der Waals surface area contributed by atoms with Crippen LogP contribution in [0.3, 0.4) is 0 Å². The van der Waals surface area contributed by atoms with Gasteiger partial charge in [-0.1, -0.05) is 37.8 Å². The van der Waals surface area contributed by atoms with Crippen LogP contribution < -0.4 is 16.7 Å². The number of rotatable bonds is 7. The monoisotopic (exact) mass is 363 g/mol. The standard InChI is InChI=1S/C17H21N3O4S/c1-4-6-12(13-7-11(5-2)8-14(22)24-13)19-16(23)17(18)9-25-15(20-17)10(3)21/h5,7-8,12H,2,4,6,9,18H2,1,3H3,(H,19,23)/t12-,17+/m1/s1. The molecule has 0 radical (unpaired) electrons. The Balaban J connectivity index is 2.26. The number of Topliss-reactive ketones (excluding diaryl/α,β-unsaturated/α-hetero) is 1. The van der Waals surface area contributed by atoms with Gasteiger partial charge in [0.25, 0.3) is 5.91 Å². The third-order valence-corrected chi connectivity index (χ3v) is 4.93. The van der Waals surface area contributed by atoms with E-state index in [0.717, 1.165) is 18.2 Å². The highest BCUT2D eigenvalue weighted by Crippen LogP contribution is 2.26.